The van der Waals surface area contributed by atoms with Gasteiger partial charge in [0.05, 0.1) is 6.61 Å². The topological polar surface area (TPSA) is 21.3 Å². The average molecular weight is 375 g/mol. The Morgan fingerprint density at radius 2 is 1.90 bits per heavy atom. The zero-order valence-corrected chi connectivity index (χ0v) is 13.2. The lowest BCUT2D eigenvalue weighted by Gasteiger charge is -2.12. The normalized spacial score (nSPS) is 13.0. The monoisotopic (exact) mass is 373 g/mol. The average Bonchev–Trinajstić information content (AvgIpc) is 2.85. The first-order valence-electron chi connectivity index (χ1n) is 6.37. The van der Waals surface area contributed by atoms with Crippen molar-refractivity contribution in [2.45, 2.75) is 13.0 Å². The quantitative estimate of drug-likeness (QED) is 0.823. The van der Waals surface area contributed by atoms with E-state index in [1.165, 1.54) is 12.1 Å². The second kappa shape index (κ2) is 5.81. The summed E-state index contributed by atoms with van der Waals surface area (Å²) in [5.74, 6) is -0.548. The van der Waals surface area contributed by atoms with Crippen molar-refractivity contribution >= 4 is 33.2 Å². The SMILES string of the molecule is Fc1cc(Br)cc(F)c1NCc1cc(Cl)cc2c1OCC2. The van der Waals surface area contributed by atoms with Crippen LogP contribution in [0, 0.1) is 11.6 Å². The fraction of sp³-hybridized carbons (Fsp3) is 0.200. The van der Waals surface area contributed by atoms with E-state index < -0.39 is 11.6 Å². The molecule has 6 heteroatoms. The van der Waals surface area contributed by atoms with E-state index in [2.05, 4.69) is 21.2 Å². The third kappa shape index (κ3) is 2.99. The van der Waals surface area contributed by atoms with Crippen molar-refractivity contribution in [1.82, 2.24) is 0 Å². The number of hydrogen-bond acceptors (Lipinski definition) is 2. The number of anilines is 1. The van der Waals surface area contributed by atoms with Crippen molar-refractivity contribution in [2.24, 2.45) is 0 Å². The van der Waals surface area contributed by atoms with E-state index in [0.29, 0.717) is 16.1 Å². The lowest BCUT2D eigenvalue weighted by Crippen LogP contribution is -2.05. The number of halogens is 4. The summed E-state index contributed by atoms with van der Waals surface area (Å²) >= 11 is 9.10. The lowest BCUT2D eigenvalue weighted by atomic mass is 10.1. The molecular weight excluding hydrogens is 364 g/mol. The standard InChI is InChI=1S/C15H11BrClF2NO/c16-10-5-12(18)14(13(19)6-10)20-7-9-4-11(17)3-8-1-2-21-15(8)9/h3-6,20H,1-2,7H2. The molecule has 1 aliphatic rings. The van der Waals surface area contributed by atoms with Crippen molar-refractivity contribution in [3.8, 4) is 5.75 Å². The van der Waals surface area contributed by atoms with Crippen LogP contribution in [0.3, 0.4) is 0 Å². The molecule has 110 valence electrons. The van der Waals surface area contributed by atoms with Gasteiger partial charge in [-0.25, -0.2) is 8.78 Å². The van der Waals surface area contributed by atoms with Crippen LogP contribution in [0.2, 0.25) is 5.02 Å². The fourth-order valence-corrected chi connectivity index (χ4v) is 3.04. The van der Waals surface area contributed by atoms with Crippen molar-refractivity contribution in [2.75, 3.05) is 11.9 Å². The maximum absolute atomic E-state index is 13.8. The zero-order valence-electron chi connectivity index (χ0n) is 10.9. The molecule has 2 aromatic carbocycles. The van der Waals surface area contributed by atoms with Gasteiger partial charge in [0.15, 0.2) is 0 Å². The highest BCUT2D eigenvalue weighted by molar-refractivity contribution is 9.10. The fourth-order valence-electron chi connectivity index (χ4n) is 2.37. The summed E-state index contributed by atoms with van der Waals surface area (Å²) in [5, 5.41) is 3.36. The Hall–Kier alpha value is -1.33. The van der Waals surface area contributed by atoms with E-state index >= 15 is 0 Å². The van der Waals surface area contributed by atoms with Gasteiger partial charge in [-0.05, 0) is 29.8 Å². The molecule has 21 heavy (non-hydrogen) atoms. The van der Waals surface area contributed by atoms with Gasteiger partial charge in [0.1, 0.15) is 23.1 Å². The molecule has 0 radical (unpaired) electrons. The van der Waals surface area contributed by atoms with E-state index in [4.69, 9.17) is 16.3 Å². The Balaban J connectivity index is 1.86. The number of fused-ring (bicyclic) bond motifs is 1. The maximum atomic E-state index is 13.8. The minimum absolute atomic E-state index is 0.162. The van der Waals surface area contributed by atoms with Crippen molar-refractivity contribution < 1.29 is 13.5 Å². The highest BCUT2D eigenvalue weighted by atomic mass is 79.9. The Bertz CT molecular complexity index is 685. The number of benzene rings is 2. The number of hydrogen-bond donors (Lipinski definition) is 1. The van der Waals surface area contributed by atoms with Gasteiger partial charge in [-0.1, -0.05) is 27.5 Å². The molecule has 0 aromatic heterocycles. The van der Waals surface area contributed by atoms with Crippen LogP contribution in [0.1, 0.15) is 11.1 Å². The van der Waals surface area contributed by atoms with Gasteiger partial charge in [-0.15, -0.1) is 0 Å². The first-order chi connectivity index (χ1) is 10.0. The van der Waals surface area contributed by atoms with Crippen molar-refractivity contribution in [1.29, 1.82) is 0 Å². The Labute approximate surface area is 134 Å². The van der Waals surface area contributed by atoms with Crippen LogP contribution < -0.4 is 10.1 Å². The van der Waals surface area contributed by atoms with E-state index in [-0.39, 0.29) is 12.2 Å². The first kappa shape index (κ1) is 14.6. The van der Waals surface area contributed by atoms with Gasteiger partial charge in [0, 0.05) is 28.0 Å². The molecule has 2 nitrogen and oxygen atoms in total. The number of rotatable bonds is 3. The predicted molar refractivity (Wildman–Crippen MR) is 82.0 cm³/mol. The van der Waals surface area contributed by atoms with Gasteiger partial charge in [-0.2, -0.15) is 0 Å². The van der Waals surface area contributed by atoms with E-state index in [1.54, 1.807) is 6.07 Å². The molecule has 0 spiro atoms. The molecule has 1 N–H and O–H groups in total. The molecule has 0 aliphatic carbocycles. The predicted octanol–water partition coefficient (Wildman–Crippen LogP) is 4.93. The summed E-state index contributed by atoms with van der Waals surface area (Å²) in [6.07, 6.45) is 0.796. The van der Waals surface area contributed by atoms with Crippen molar-refractivity contribution in [3.05, 3.63) is 56.5 Å². The molecular formula is C15H11BrClF2NO. The molecule has 2 aromatic rings. The van der Waals surface area contributed by atoms with E-state index in [1.807, 2.05) is 6.07 Å². The third-order valence-electron chi connectivity index (χ3n) is 3.29. The molecule has 0 amide bonds. The molecule has 0 fully saturated rings. The van der Waals surface area contributed by atoms with Crippen LogP contribution in [-0.4, -0.2) is 6.61 Å². The summed E-state index contributed by atoms with van der Waals surface area (Å²) in [7, 11) is 0. The van der Waals surface area contributed by atoms with E-state index in [9.17, 15) is 8.78 Å². The Morgan fingerprint density at radius 3 is 2.62 bits per heavy atom. The smallest absolute Gasteiger partial charge is 0.150 e. The second-order valence-electron chi connectivity index (χ2n) is 4.75. The molecule has 0 atom stereocenters. The van der Waals surface area contributed by atoms with Gasteiger partial charge < -0.3 is 10.1 Å². The van der Waals surface area contributed by atoms with Crippen molar-refractivity contribution in [3.63, 3.8) is 0 Å². The highest BCUT2D eigenvalue weighted by Gasteiger charge is 2.18. The molecule has 1 aliphatic heterocycles. The number of ether oxygens (including phenoxy) is 1. The Kier molecular flexibility index (Phi) is 4.04. The van der Waals surface area contributed by atoms with Crippen LogP contribution in [0.25, 0.3) is 0 Å². The van der Waals surface area contributed by atoms with Crippen LogP contribution in [0.4, 0.5) is 14.5 Å². The van der Waals surface area contributed by atoms with Crippen LogP contribution in [0.15, 0.2) is 28.7 Å². The van der Waals surface area contributed by atoms with Crippen LogP contribution in [-0.2, 0) is 13.0 Å². The molecule has 1 heterocycles. The van der Waals surface area contributed by atoms with Gasteiger partial charge in [0.25, 0.3) is 0 Å². The minimum atomic E-state index is -0.651. The zero-order chi connectivity index (χ0) is 15.0. The summed E-state index contributed by atoms with van der Waals surface area (Å²) in [6, 6.07) is 6.02. The minimum Gasteiger partial charge on any atom is -0.493 e. The molecule has 0 bridgehead atoms. The first-order valence-corrected chi connectivity index (χ1v) is 7.54. The Morgan fingerprint density at radius 1 is 1.19 bits per heavy atom. The summed E-state index contributed by atoms with van der Waals surface area (Å²) in [5.41, 5.74) is 1.65. The summed E-state index contributed by atoms with van der Waals surface area (Å²) in [6.45, 7) is 0.835. The maximum Gasteiger partial charge on any atom is 0.150 e. The largest absolute Gasteiger partial charge is 0.493 e. The van der Waals surface area contributed by atoms with Gasteiger partial charge in [-0.3, -0.25) is 0 Å². The van der Waals surface area contributed by atoms with Gasteiger partial charge in [0.2, 0.25) is 0 Å². The third-order valence-corrected chi connectivity index (χ3v) is 3.96. The van der Waals surface area contributed by atoms with Crippen LogP contribution >= 0.6 is 27.5 Å². The molecule has 0 saturated heterocycles. The molecule has 3 rings (SSSR count). The highest BCUT2D eigenvalue weighted by Crippen LogP contribution is 2.33. The number of nitrogens with one attached hydrogen (secondary N) is 1. The van der Waals surface area contributed by atoms with Gasteiger partial charge >= 0.3 is 0 Å². The lowest BCUT2D eigenvalue weighted by molar-refractivity contribution is 0.354. The molecule has 0 saturated carbocycles. The summed E-state index contributed by atoms with van der Waals surface area (Å²) in [4.78, 5) is 0. The molecule has 0 unspecified atom stereocenters. The van der Waals surface area contributed by atoms with E-state index in [0.717, 1.165) is 23.3 Å². The van der Waals surface area contributed by atoms with Crippen LogP contribution in [0.5, 0.6) is 5.75 Å². The summed E-state index contributed by atoms with van der Waals surface area (Å²) < 4.78 is 33.5. The second-order valence-corrected chi connectivity index (χ2v) is 6.10.